The molecule has 0 spiro atoms. The van der Waals surface area contributed by atoms with Crippen LogP contribution in [-0.4, -0.2) is 6.04 Å². The van der Waals surface area contributed by atoms with Crippen molar-refractivity contribution < 1.29 is 0 Å². The van der Waals surface area contributed by atoms with Crippen LogP contribution in [0.15, 0.2) is 18.2 Å². The second-order valence-electron chi connectivity index (χ2n) is 3.57. The van der Waals surface area contributed by atoms with Crippen molar-refractivity contribution >= 4 is 23.0 Å². The van der Waals surface area contributed by atoms with E-state index in [4.69, 9.17) is 17.3 Å². The number of hydrogen-bond acceptors (Lipinski definition) is 2. The summed E-state index contributed by atoms with van der Waals surface area (Å²) in [7, 11) is 0. The Morgan fingerprint density at radius 3 is 2.79 bits per heavy atom. The summed E-state index contributed by atoms with van der Waals surface area (Å²) in [4.78, 5) is 0. The molecule has 3 heteroatoms. The van der Waals surface area contributed by atoms with Gasteiger partial charge in [0.05, 0.1) is 10.7 Å². The molecule has 0 saturated carbocycles. The zero-order chi connectivity index (χ0) is 10.6. The number of anilines is 2. The third-order valence-electron chi connectivity index (χ3n) is 2.14. The molecule has 0 aliphatic heterocycles. The van der Waals surface area contributed by atoms with Gasteiger partial charge in [-0.2, -0.15) is 0 Å². The van der Waals surface area contributed by atoms with E-state index in [0.717, 1.165) is 12.1 Å². The van der Waals surface area contributed by atoms with E-state index in [1.165, 1.54) is 6.42 Å². The normalized spacial score (nSPS) is 12.5. The number of hydrogen-bond donors (Lipinski definition) is 2. The average molecular weight is 213 g/mol. The lowest BCUT2D eigenvalue weighted by Crippen LogP contribution is -2.14. The monoisotopic (exact) mass is 212 g/mol. The molecule has 0 aromatic heterocycles. The molecule has 14 heavy (non-hydrogen) atoms. The molecule has 78 valence electrons. The first-order chi connectivity index (χ1) is 6.63. The van der Waals surface area contributed by atoms with Gasteiger partial charge in [-0.05, 0) is 31.5 Å². The van der Waals surface area contributed by atoms with Crippen molar-refractivity contribution in [3.63, 3.8) is 0 Å². The van der Waals surface area contributed by atoms with Crippen LogP contribution < -0.4 is 11.1 Å². The molecule has 1 aromatic carbocycles. The van der Waals surface area contributed by atoms with Gasteiger partial charge in [-0.15, -0.1) is 0 Å². The van der Waals surface area contributed by atoms with Crippen LogP contribution in [0, 0.1) is 0 Å². The van der Waals surface area contributed by atoms with Gasteiger partial charge in [-0.1, -0.05) is 24.9 Å². The van der Waals surface area contributed by atoms with E-state index in [0.29, 0.717) is 16.8 Å². The molecule has 1 rings (SSSR count). The number of nitrogen functional groups attached to an aromatic ring is 1. The van der Waals surface area contributed by atoms with Gasteiger partial charge >= 0.3 is 0 Å². The molecule has 0 heterocycles. The first kappa shape index (κ1) is 11.2. The maximum absolute atomic E-state index is 5.91. The standard InChI is InChI=1S/C11H17ClN2/c1-3-4-8(2)14-9-5-6-11(13)10(12)7-9/h5-8,14H,3-4,13H2,1-2H3. The fraction of sp³-hybridized carbons (Fsp3) is 0.455. The third-order valence-corrected chi connectivity index (χ3v) is 2.46. The van der Waals surface area contributed by atoms with Crippen LogP contribution in [0.3, 0.4) is 0 Å². The van der Waals surface area contributed by atoms with Crippen molar-refractivity contribution in [3.8, 4) is 0 Å². The van der Waals surface area contributed by atoms with Crippen LogP contribution in [-0.2, 0) is 0 Å². The van der Waals surface area contributed by atoms with Gasteiger partial charge < -0.3 is 11.1 Å². The Morgan fingerprint density at radius 2 is 2.21 bits per heavy atom. The summed E-state index contributed by atoms with van der Waals surface area (Å²) >= 11 is 5.91. The number of benzene rings is 1. The molecular weight excluding hydrogens is 196 g/mol. The number of nitrogens with one attached hydrogen (secondary N) is 1. The van der Waals surface area contributed by atoms with Crippen molar-refractivity contribution in [2.24, 2.45) is 0 Å². The Balaban J connectivity index is 2.63. The van der Waals surface area contributed by atoms with Crippen molar-refractivity contribution in [1.29, 1.82) is 0 Å². The van der Waals surface area contributed by atoms with Crippen LogP contribution in [0.4, 0.5) is 11.4 Å². The third kappa shape index (κ3) is 3.11. The Labute approximate surface area is 90.4 Å². The van der Waals surface area contributed by atoms with Gasteiger partial charge in [0.2, 0.25) is 0 Å². The molecule has 0 fully saturated rings. The highest BCUT2D eigenvalue weighted by atomic mass is 35.5. The number of nitrogens with two attached hydrogens (primary N) is 1. The summed E-state index contributed by atoms with van der Waals surface area (Å²) in [5.41, 5.74) is 7.28. The molecule has 0 bridgehead atoms. The van der Waals surface area contributed by atoms with E-state index in [1.54, 1.807) is 0 Å². The number of rotatable bonds is 4. The predicted octanol–water partition coefficient (Wildman–Crippen LogP) is 3.52. The minimum atomic E-state index is 0.472. The molecule has 0 aliphatic carbocycles. The Hall–Kier alpha value is -0.890. The highest BCUT2D eigenvalue weighted by Crippen LogP contribution is 2.23. The van der Waals surface area contributed by atoms with Crippen LogP contribution in [0.5, 0.6) is 0 Å². The molecule has 0 aliphatic rings. The van der Waals surface area contributed by atoms with Gasteiger partial charge in [-0.3, -0.25) is 0 Å². The summed E-state index contributed by atoms with van der Waals surface area (Å²) in [5, 5.41) is 3.98. The fourth-order valence-corrected chi connectivity index (χ4v) is 1.59. The van der Waals surface area contributed by atoms with E-state index in [-0.39, 0.29) is 0 Å². The van der Waals surface area contributed by atoms with E-state index < -0.39 is 0 Å². The SMILES string of the molecule is CCCC(C)Nc1ccc(N)c(Cl)c1. The average Bonchev–Trinajstić information content (AvgIpc) is 2.12. The quantitative estimate of drug-likeness (QED) is 0.750. The Bertz CT molecular complexity index is 299. The molecule has 1 atom stereocenters. The van der Waals surface area contributed by atoms with E-state index >= 15 is 0 Å². The van der Waals surface area contributed by atoms with Crippen LogP contribution in [0.2, 0.25) is 5.02 Å². The Kier molecular flexibility index (Phi) is 4.08. The van der Waals surface area contributed by atoms with E-state index in [9.17, 15) is 0 Å². The van der Waals surface area contributed by atoms with Crippen molar-refractivity contribution in [1.82, 2.24) is 0 Å². The van der Waals surface area contributed by atoms with Crippen molar-refractivity contribution in [2.75, 3.05) is 11.1 Å². The summed E-state index contributed by atoms with van der Waals surface area (Å²) in [6, 6.07) is 6.11. The minimum absolute atomic E-state index is 0.472. The lowest BCUT2D eigenvalue weighted by Gasteiger charge is -2.14. The molecule has 1 unspecified atom stereocenters. The minimum Gasteiger partial charge on any atom is -0.398 e. The van der Waals surface area contributed by atoms with Gasteiger partial charge in [-0.25, -0.2) is 0 Å². The van der Waals surface area contributed by atoms with Crippen LogP contribution in [0.25, 0.3) is 0 Å². The van der Waals surface area contributed by atoms with E-state index in [2.05, 4.69) is 19.2 Å². The summed E-state index contributed by atoms with van der Waals surface area (Å²) < 4.78 is 0. The summed E-state index contributed by atoms with van der Waals surface area (Å²) in [5.74, 6) is 0. The second-order valence-corrected chi connectivity index (χ2v) is 3.98. The molecule has 1 aromatic rings. The van der Waals surface area contributed by atoms with E-state index in [1.807, 2.05) is 18.2 Å². The van der Waals surface area contributed by atoms with Gasteiger partial charge in [0, 0.05) is 11.7 Å². The van der Waals surface area contributed by atoms with Crippen LogP contribution >= 0.6 is 11.6 Å². The highest BCUT2D eigenvalue weighted by Gasteiger charge is 2.02. The zero-order valence-electron chi connectivity index (χ0n) is 8.68. The Morgan fingerprint density at radius 1 is 1.50 bits per heavy atom. The molecule has 3 N–H and O–H groups in total. The molecule has 0 radical (unpaired) electrons. The molecule has 0 amide bonds. The maximum atomic E-state index is 5.91. The molecule has 2 nitrogen and oxygen atoms in total. The predicted molar refractivity (Wildman–Crippen MR) is 63.9 cm³/mol. The fourth-order valence-electron chi connectivity index (χ4n) is 1.41. The van der Waals surface area contributed by atoms with Gasteiger partial charge in [0.15, 0.2) is 0 Å². The first-order valence-corrected chi connectivity index (χ1v) is 5.33. The van der Waals surface area contributed by atoms with Crippen LogP contribution in [0.1, 0.15) is 26.7 Å². The molecular formula is C11H17ClN2. The van der Waals surface area contributed by atoms with Crippen molar-refractivity contribution in [2.45, 2.75) is 32.7 Å². The topological polar surface area (TPSA) is 38.0 Å². The smallest absolute Gasteiger partial charge is 0.0655 e. The molecule has 0 saturated heterocycles. The zero-order valence-corrected chi connectivity index (χ0v) is 9.43. The van der Waals surface area contributed by atoms with Gasteiger partial charge in [0.25, 0.3) is 0 Å². The number of halogens is 1. The summed E-state index contributed by atoms with van der Waals surface area (Å²) in [6.45, 7) is 4.34. The first-order valence-electron chi connectivity index (χ1n) is 4.95. The lowest BCUT2D eigenvalue weighted by molar-refractivity contribution is 0.690. The summed E-state index contributed by atoms with van der Waals surface area (Å²) in [6.07, 6.45) is 2.33. The maximum Gasteiger partial charge on any atom is 0.0655 e. The van der Waals surface area contributed by atoms with Gasteiger partial charge in [0.1, 0.15) is 0 Å². The largest absolute Gasteiger partial charge is 0.398 e. The van der Waals surface area contributed by atoms with Crippen molar-refractivity contribution in [3.05, 3.63) is 23.2 Å². The lowest BCUT2D eigenvalue weighted by atomic mass is 10.2. The second kappa shape index (κ2) is 5.11. The highest BCUT2D eigenvalue weighted by molar-refractivity contribution is 6.33.